The zero-order chi connectivity index (χ0) is 14.7. The summed E-state index contributed by atoms with van der Waals surface area (Å²) in [4.78, 5) is 4.60. The molecule has 2 heterocycles. The van der Waals surface area contributed by atoms with Crippen LogP contribution in [0, 0.1) is 13.8 Å². The molecule has 0 bridgehead atoms. The first kappa shape index (κ1) is 13.6. The molecule has 4 nitrogen and oxygen atoms in total. The molecular weight excluding hydrogens is 262 g/mol. The lowest BCUT2D eigenvalue weighted by molar-refractivity contribution is 0.392. The van der Waals surface area contributed by atoms with E-state index in [1.807, 2.05) is 38.1 Å². The van der Waals surface area contributed by atoms with Crippen LogP contribution in [0.5, 0.6) is 0 Å². The number of nitrogens with one attached hydrogen (secondary N) is 1. The topological polar surface area (TPSA) is 51.0 Å². The fourth-order valence-corrected chi connectivity index (χ4v) is 2.50. The van der Waals surface area contributed by atoms with Crippen LogP contribution in [-0.4, -0.2) is 16.7 Å². The Balaban J connectivity index is 1.57. The molecule has 0 fully saturated rings. The molecule has 0 saturated heterocycles. The van der Waals surface area contributed by atoms with E-state index in [2.05, 4.69) is 27.6 Å². The van der Waals surface area contributed by atoms with Gasteiger partial charge in [-0.25, -0.2) is 4.98 Å². The molecular formula is C17H19N3O. The van der Waals surface area contributed by atoms with Crippen molar-refractivity contribution >= 4 is 16.7 Å². The maximum absolute atomic E-state index is 5.18. The van der Waals surface area contributed by atoms with E-state index in [4.69, 9.17) is 4.52 Å². The Morgan fingerprint density at radius 3 is 2.76 bits per heavy atom. The first-order chi connectivity index (χ1) is 10.2. The van der Waals surface area contributed by atoms with Gasteiger partial charge in [0.1, 0.15) is 11.6 Å². The summed E-state index contributed by atoms with van der Waals surface area (Å²) in [5.41, 5.74) is 3.24. The van der Waals surface area contributed by atoms with E-state index in [0.29, 0.717) is 0 Å². The molecule has 3 aromatic rings. The summed E-state index contributed by atoms with van der Waals surface area (Å²) in [6.07, 6.45) is 2.00. The van der Waals surface area contributed by atoms with Gasteiger partial charge in [-0.15, -0.1) is 0 Å². The van der Waals surface area contributed by atoms with Crippen LogP contribution in [0.3, 0.4) is 0 Å². The molecule has 108 valence electrons. The van der Waals surface area contributed by atoms with Gasteiger partial charge in [0.25, 0.3) is 0 Å². The molecule has 1 N–H and O–H groups in total. The number of para-hydroxylation sites is 1. The lowest BCUT2D eigenvalue weighted by atomic mass is 10.1. The van der Waals surface area contributed by atoms with Crippen molar-refractivity contribution in [3.8, 4) is 0 Å². The maximum Gasteiger partial charge on any atom is 0.137 e. The molecule has 0 radical (unpaired) electrons. The second kappa shape index (κ2) is 5.95. The fourth-order valence-electron chi connectivity index (χ4n) is 2.50. The van der Waals surface area contributed by atoms with Gasteiger partial charge >= 0.3 is 0 Å². The molecule has 0 saturated carbocycles. The molecule has 0 spiro atoms. The number of aromatic nitrogens is 2. The number of benzene rings is 1. The number of nitrogens with zero attached hydrogens (tertiary/aromatic N) is 2. The van der Waals surface area contributed by atoms with Gasteiger partial charge in [-0.2, -0.15) is 0 Å². The average molecular weight is 281 g/mol. The standard InChI is InChI=1S/C17H19N3O/c1-12-15(13(2)21-20-12)7-5-11-18-17-10-9-14-6-3-4-8-16(14)19-17/h3-4,6,8-10H,5,7,11H2,1-2H3,(H,18,19). The van der Waals surface area contributed by atoms with Gasteiger partial charge in [0.05, 0.1) is 11.2 Å². The van der Waals surface area contributed by atoms with Gasteiger partial charge in [-0.1, -0.05) is 23.4 Å². The van der Waals surface area contributed by atoms with Crippen molar-refractivity contribution in [3.05, 3.63) is 53.4 Å². The van der Waals surface area contributed by atoms with E-state index in [1.54, 1.807) is 0 Å². The van der Waals surface area contributed by atoms with Gasteiger partial charge in [0.15, 0.2) is 0 Å². The number of hydrogen-bond donors (Lipinski definition) is 1. The number of rotatable bonds is 5. The first-order valence-corrected chi connectivity index (χ1v) is 7.25. The number of pyridine rings is 1. The van der Waals surface area contributed by atoms with E-state index in [1.165, 1.54) is 10.9 Å². The SMILES string of the molecule is Cc1noc(C)c1CCCNc1ccc2ccccc2n1. The first-order valence-electron chi connectivity index (χ1n) is 7.25. The molecule has 0 aliphatic carbocycles. The van der Waals surface area contributed by atoms with Crippen molar-refractivity contribution in [2.75, 3.05) is 11.9 Å². The minimum atomic E-state index is 0.884. The highest BCUT2D eigenvalue weighted by Gasteiger charge is 2.07. The van der Waals surface area contributed by atoms with Crippen LogP contribution in [0.2, 0.25) is 0 Å². The Hall–Kier alpha value is -2.36. The van der Waals surface area contributed by atoms with Crippen molar-refractivity contribution in [2.45, 2.75) is 26.7 Å². The third kappa shape index (κ3) is 3.05. The van der Waals surface area contributed by atoms with Crippen LogP contribution in [0.25, 0.3) is 10.9 Å². The predicted octanol–water partition coefficient (Wildman–Crippen LogP) is 3.88. The Kier molecular flexibility index (Phi) is 3.86. The molecule has 0 aliphatic heterocycles. The van der Waals surface area contributed by atoms with E-state index < -0.39 is 0 Å². The van der Waals surface area contributed by atoms with Crippen molar-refractivity contribution < 1.29 is 4.52 Å². The van der Waals surface area contributed by atoms with Gasteiger partial charge in [0.2, 0.25) is 0 Å². The second-order valence-corrected chi connectivity index (χ2v) is 5.22. The lowest BCUT2D eigenvalue weighted by Gasteiger charge is -2.06. The lowest BCUT2D eigenvalue weighted by Crippen LogP contribution is -2.05. The smallest absolute Gasteiger partial charge is 0.137 e. The van der Waals surface area contributed by atoms with E-state index in [9.17, 15) is 0 Å². The third-order valence-electron chi connectivity index (χ3n) is 3.69. The third-order valence-corrected chi connectivity index (χ3v) is 3.69. The number of anilines is 1. The van der Waals surface area contributed by atoms with E-state index in [-0.39, 0.29) is 0 Å². The highest BCUT2D eigenvalue weighted by atomic mass is 16.5. The van der Waals surface area contributed by atoms with Gasteiger partial charge in [-0.3, -0.25) is 0 Å². The molecule has 2 aromatic heterocycles. The second-order valence-electron chi connectivity index (χ2n) is 5.22. The zero-order valence-corrected chi connectivity index (χ0v) is 12.4. The molecule has 0 atom stereocenters. The Bertz CT molecular complexity index is 729. The summed E-state index contributed by atoms with van der Waals surface area (Å²) in [6.45, 7) is 4.84. The summed E-state index contributed by atoms with van der Waals surface area (Å²) in [5.74, 6) is 1.85. The normalized spacial score (nSPS) is 11.0. The van der Waals surface area contributed by atoms with Crippen LogP contribution in [0.15, 0.2) is 40.9 Å². The molecule has 0 amide bonds. The van der Waals surface area contributed by atoms with Gasteiger partial charge in [0, 0.05) is 17.5 Å². The Morgan fingerprint density at radius 1 is 1.10 bits per heavy atom. The highest BCUT2D eigenvalue weighted by Crippen LogP contribution is 2.16. The molecule has 3 rings (SSSR count). The summed E-state index contributed by atoms with van der Waals surface area (Å²) < 4.78 is 5.18. The maximum atomic E-state index is 5.18. The van der Waals surface area contributed by atoms with Crippen LogP contribution in [-0.2, 0) is 6.42 Å². The Morgan fingerprint density at radius 2 is 1.95 bits per heavy atom. The minimum absolute atomic E-state index is 0.884. The largest absolute Gasteiger partial charge is 0.370 e. The average Bonchev–Trinajstić information content (AvgIpc) is 2.83. The number of hydrogen-bond acceptors (Lipinski definition) is 4. The monoisotopic (exact) mass is 281 g/mol. The minimum Gasteiger partial charge on any atom is -0.370 e. The number of fused-ring (bicyclic) bond motifs is 1. The number of aryl methyl sites for hydroxylation is 2. The van der Waals surface area contributed by atoms with Crippen LogP contribution >= 0.6 is 0 Å². The molecule has 0 aliphatic rings. The summed E-state index contributed by atoms with van der Waals surface area (Å²) >= 11 is 0. The van der Waals surface area contributed by atoms with Gasteiger partial charge < -0.3 is 9.84 Å². The van der Waals surface area contributed by atoms with Crippen molar-refractivity contribution in [1.29, 1.82) is 0 Å². The summed E-state index contributed by atoms with van der Waals surface area (Å²) in [7, 11) is 0. The highest BCUT2D eigenvalue weighted by molar-refractivity contribution is 5.79. The van der Waals surface area contributed by atoms with Crippen LogP contribution < -0.4 is 5.32 Å². The molecule has 21 heavy (non-hydrogen) atoms. The zero-order valence-electron chi connectivity index (χ0n) is 12.4. The summed E-state index contributed by atoms with van der Waals surface area (Å²) in [6, 6.07) is 12.3. The Labute approximate surface area is 124 Å². The quantitative estimate of drug-likeness (QED) is 0.721. The molecule has 1 aromatic carbocycles. The van der Waals surface area contributed by atoms with Crippen LogP contribution in [0.4, 0.5) is 5.82 Å². The van der Waals surface area contributed by atoms with Crippen molar-refractivity contribution in [2.24, 2.45) is 0 Å². The predicted molar refractivity (Wildman–Crippen MR) is 84.5 cm³/mol. The summed E-state index contributed by atoms with van der Waals surface area (Å²) in [5, 5.41) is 8.52. The van der Waals surface area contributed by atoms with E-state index >= 15 is 0 Å². The molecule has 4 heteroatoms. The van der Waals surface area contributed by atoms with E-state index in [0.717, 1.165) is 42.2 Å². The van der Waals surface area contributed by atoms with Crippen molar-refractivity contribution in [3.63, 3.8) is 0 Å². The van der Waals surface area contributed by atoms with Crippen molar-refractivity contribution in [1.82, 2.24) is 10.1 Å². The fraction of sp³-hybridized carbons (Fsp3) is 0.294. The van der Waals surface area contributed by atoms with Gasteiger partial charge in [-0.05, 0) is 44.9 Å². The molecule has 0 unspecified atom stereocenters. The van der Waals surface area contributed by atoms with Crippen LogP contribution in [0.1, 0.15) is 23.4 Å².